The van der Waals surface area contributed by atoms with Gasteiger partial charge in [-0.15, -0.1) is 0 Å². The van der Waals surface area contributed by atoms with Crippen LogP contribution in [-0.2, 0) is 0 Å². The minimum Gasteiger partial charge on any atom is -0.399 e. The molecule has 0 radical (unpaired) electrons. The molecule has 0 unspecified atom stereocenters. The molecule has 0 bridgehead atoms. The highest BCUT2D eigenvalue weighted by atomic mass is 35.5. The van der Waals surface area contributed by atoms with Gasteiger partial charge in [-0.2, -0.15) is 0 Å². The fourth-order valence-corrected chi connectivity index (χ4v) is 2.42. The standard InChI is InChI=1S/C12H14ClNO/c13-11-7-9(14)5-6-10(11)12(15)8-3-1-2-4-8/h5-8H,1-4,14H2. The second-order valence-corrected chi connectivity index (χ2v) is 4.49. The molecule has 2 N–H and O–H groups in total. The Balaban J connectivity index is 2.24. The number of Topliss-reactive ketones (excluding diaryl/α,β-unsaturated/α-hetero) is 1. The molecule has 1 aliphatic rings. The van der Waals surface area contributed by atoms with E-state index in [9.17, 15) is 4.79 Å². The highest BCUT2D eigenvalue weighted by molar-refractivity contribution is 6.34. The zero-order valence-electron chi connectivity index (χ0n) is 8.50. The average Bonchev–Trinajstić information content (AvgIpc) is 2.69. The minimum atomic E-state index is 0.172. The van der Waals surface area contributed by atoms with Gasteiger partial charge in [0.05, 0.1) is 5.02 Å². The van der Waals surface area contributed by atoms with Crippen molar-refractivity contribution in [1.29, 1.82) is 0 Å². The predicted octanol–water partition coefficient (Wildman–Crippen LogP) is 3.30. The number of carbonyl (C=O) groups is 1. The van der Waals surface area contributed by atoms with Crippen LogP contribution in [0, 0.1) is 5.92 Å². The normalized spacial score (nSPS) is 16.9. The smallest absolute Gasteiger partial charge is 0.167 e. The van der Waals surface area contributed by atoms with E-state index in [-0.39, 0.29) is 11.7 Å². The van der Waals surface area contributed by atoms with Crippen molar-refractivity contribution in [3.63, 3.8) is 0 Å². The Morgan fingerprint density at radius 1 is 1.33 bits per heavy atom. The largest absolute Gasteiger partial charge is 0.399 e. The Hall–Kier alpha value is -1.02. The number of nitrogen functional groups attached to an aromatic ring is 1. The summed E-state index contributed by atoms with van der Waals surface area (Å²) in [6.45, 7) is 0. The summed E-state index contributed by atoms with van der Waals surface area (Å²) in [4.78, 5) is 12.1. The maximum Gasteiger partial charge on any atom is 0.167 e. The summed E-state index contributed by atoms with van der Waals surface area (Å²) in [7, 11) is 0. The summed E-state index contributed by atoms with van der Waals surface area (Å²) >= 11 is 6.00. The van der Waals surface area contributed by atoms with Crippen molar-refractivity contribution < 1.29 is 4.79 Å². The number of hydrogen-bond donors (Lipinski definition) is 1. The number of halogens is 1. The molecule has 15 heavy (non-hydrogen) atoms. The Kier molecular flexibility index (Phi) is 2.96. The molecule has 1 aromatic carbocycles. The monoisotopic (exact) mass is 223 g/mol. The second kappa shape index (κ2) is 4.23. The lowest BCUT2D eigenvalue weighted by Crippen LogP contribution is -2.11. The summed E-state index contributed by atoms with van der Waals surface area (Å²) in [5, 5.41) is 0.479. The van der Waals surface area contributed by atoms with Crippen molar-refractivity contribution in [3.8, 4) is 0 Å². The molecule has 0 spiro atoms. The summed E-state index contributed by atoms with van der Waals surface area (Å²) in [5.74, 6) is 0.351. The molecule has 0 amide bonds. The van der Waals surface area contributed by atoms with Gasteiger partial charge in [0.2, 0.25) is 0 Å². The molecular weight excluding hydrogens is 210 g/mol. The predicted molar refractivity (Wildman–Crippen MR) is 62.2 cm³/mol. The van der Waals surface area contributed by atoms with Crippen molar-refractivity contribution in [2.24, 2.45) is 5.92 Å². The third-order valence-electron chi connectivity index (χ3n) is 2.98. The molecule has 0 heterocycles. The Bertz CT molecular complexity index is 383. The molecule has 1 saturated carbocycles. The molecule has 0 atom stereocenters. The molecule has 3 heteroatoms. The molecule has 1 fully saturated rings. The first kappa shape index (κ1) is 10.5. The van der Waals surface area contributed by atoms with Crippen molar-refractivity contribution in [2.75, 3.05) is 5.73 Å². The van der Waals surface area contributed by atoms with Gasteiger partial charge in [-0.05, 0) is 31.0 Å². The summed E-state index contributed by atoms with van der Waals surface area (Å²) in [6, 6.07) is 5.11. The fourth-order valence-electron chi connectivity index (χ4n) is 2.14. The van der Waals surface area contributed by atoms with Crippen LogP contribution in [0.3, 0.4) is 0 Å². The van der Waals surface area contributed by atoms with Gasteiger partial charge in [-0.1, -0.05) is 24.4 Å². The van der Waals surface area contributed by atoms with E-state index in [2.05, 4.69) is 0 Å². The number of anilines is 1. The van der Waals surface area contributed by atoms with Gasteiger partial charge in [0.25, 0.3) is 0 Å². The summed E-state index contributed by atoms with van der Waals surface area (Å²) < 4.78 is 0. The highest BCUT2D eigenvalue weighted by Gasteiger charge is 2.25. The van der Waals surface area contributed by atoms with E-state index in [1.165, 1.54) is 0 Å². The molecule has 0 saturated heterocycles. The molecule has 1 aliphatic carbocycles. The molecule has 1 aromatic rings. The third-order valence-corrected chi connectivity index (χ3v) is 3.30. The molecule has 2 nitrogen and oxygen atoms in total. The maximum absolute atomic E-state index is 12.1. The van der Waals surface area contributed by atoms with Crippen molar-refractivity contribution in [3.05, 3.63) is 28.8 Å². The molecule has 0 aliphatic heterocycles. The number of benzene rings is 1. The van der Waals surface area contributed by atoms with E-state index in [0.717, 1.165) is 25.7 Å². The van der Waals surface area contributed by atoms with Crippen molar-refractivity contribution >= 4 is 23.1 Å². The zero-order valence-corrected chi connectivity index (χ0v) is 9.26. The first-order valence-corrected chi connectivity index (χ1v) is 5.65. The van der Waals surface area contributed by atoms with Gasteiger partial charge in [0.1, 0.15) is 0 Å². The van der Waals surface area contributed by atoms with Gasteiger partial charge in [-0.3, -0.25) is 4.79 Å². The molecule has 2 rings (SSSR count). The highest BCUT2D eigenvalue weighted by Crippen LogP contribution is 2.30. The van der Waals surface area contributed by atoms with Gasteiger partial charge < -0.3 is 5.73 Å². The fraction of sp³-hybridized carbons (Fsp3) is 0.417. The summed E-state index contributed by atoms with van der Waals surface area (Å²) in [6.07, 6.45) is 4.31. The van der Waals surface area contributed by atoms with E-state index in [1.54, 1.807) is 18.2 Å². The van der Waals surface area contributed by atoms with Crippen molar-refractivity contribution in [2.45, 2.75) is 25.7 Å². The minimum absolute atomic E-state index is 0.172. The van der Waals surface area contributed by atoms with Crippen LogP contribution in [-0.4, -0.2) is 5.78 Å². The van der Waals surface area contributed by atoms with E-state index in [4.69, 9.17) is 17.3 Å². The summed E-state index contributed by atoms with van der Waals surface area (Å²) in [5.41, 5.74) is 6.81. The van der Waals surface area contributed by atoms with Crippen LogP contribution in [0.15, 0.2) is 18.2 Å². The number of ketones is 1. The topological polar surface area (TPSA) is 43.1 Å². The zero-order chi connectivity index (χ0) is 10.8. The number of hydrogen-bond acceptors (Lipinski definition) is 2. The van der Waals surface area contributed by atoms with E-state index < -0.39 is 0 Å². The molecule has 80 valence electrons. The van der Waals surface area contributed by atoms with E-state index in [1.807, 2.05) is 0 Å². The van der Waals surface area contributed by atoms with Crippen LogP contribution in [0.4, 0.5) is 5.69 Å². The van der Waals surface area contributed by atoms with Gasteiger partial charge in [0, 0.05) is 17.2 Å². The van der Waals surface area contributed by atoms with Crippen LogP contribution in [0.5, 0.6) is 0 Å². The maximum atomic E-state index is 12.1. The number of rotatable bonds is 2. The quantitative estimate of drug-likeness (QED) is 0.618. The Labute approximate surface area is 94.4 Å². The molecule has 0 aromatic heterocycles. The Morgan fingerprint density at radius 2 is 2.00 bits per heavy atom. The third kappa shape index (κ3) is 2.15. The van der Waals surface area contributed by atoms with Crippen molar-refractivity contribution in [1.82, 2.24) is 0 Å². The van der Waals surface area contributed by atoms with Crippen LogP contribution in [0.1, 0.15) is 36.0 Å². The van der Waals surface area contributed by atoms with Gasteiger partial charge in [0.15, 0.2) is 5.78 Å². The van der Waals surface area contributed by atoms with Crippen LogP contribution >= 0.6 is 11.6 Å². The average molecular weight is 224 g/mol. The lowest BCUT2D eigenvalue weighted by molar-refractivity contribution is 0.0923. The van der Waals surface area contributed by atoms with Gasteiger partial charge in [-0.25, -0.2) is 0 Å². The number of carbonyl (C=O) groups excluding carboxylic acids is 1. The first-order valence-electron chi connectivity index (χ1n) is 5.27. The molecular formula is C12H14ClNO. The second-order valence-electron chi connectivity index (χ2n) is 4.08. The number of nitrogens with two attached hydrogens (primary N) is 1. The lowest BCUT2D eigenvalue weighted by Gasteiger charge is -2.09. The van der Waals surface area contributed by atoms with E-state index >= 15 is 0 Å². The lowest BCUT2D eigenvalue weighted by atomic mass is 9.96. The first-order chi connectivity index (χ1) is 7.18. The van der Waals surface area contributed by atoms with E-state index in [0.29, 0.717) is 16.3 Å². The van der Waals surface area contributed by atoms with Gasteiger partial charge >= 0.3 is 0 Å². The Morgan fingerprint density at radius 3 is 2.60 bits per heavy atom. The van der Waals surface area contributed by atoms with Crippen LogP contribution < -0.4 is 5.73 Å². The van der Waals surface area contributed by atoms with Crippen LogP contribution in [0.2, 0.25) is 5.02 Å². The van der Waals surface area contributed by atoms with Crippen LogP contribution in [0.25, 0.3) is 0 Å². The SMILES string of the molecule is Nc1ccc(C(=O)C2CCCC2)c(Cl)c1.